The van der Waals surface area contributed by atoms with Gasteiger partial charge in [-0.05, 0) is 0 Å². The SMILES string of the molecule is COC=C(C#N)COC. The van der Waals surface area contributed by atoms with E-state index in [-0.39, 0.29) is 0 Å². The van der Waals surface area contributed by atoms with Crippen molar-refractivity contribution < 1.29 is 9.47 Å². The van der Waals surface area contributed by atoms with Crippen LogP contribution in [0.3, 0.4) is 0 Å². The monoisotopic (exact) mass is 127 g/mol. The van der Waals surface area contributed by atoms with Crippen molar-refractivity contribution in [2.45, 2.75) is 0 Å². The molecule has 0 saturated heterocycles. The number of nitrogens with zero attached hydrogens (tertiary/aromatic N) is 1. The topological polar surface area (TPSA) is 42.2 Å². The summed E-state index contributed by atoms with van der Waals surface area (Å²) in [5.41, 5.74) is 0.486. The van der Waals surface area contributed by atoms with Crippen LogP contribution in [0.1, 0.15) is 0 Å². The molecule has 0 aromatic carbocycles. The van der Waals surface area contributed by atoms with Gasteiger partial charge in [-0.1, -0.05) is 0 Å². The van der Waals surface area contributed by atoms with E-state index in [1.165, 1.54) is 20.5 Å². The van der Waals surface area contributed by atoms with Crippen LogP contribution < -0.4 is 0 Å². The van der Waals surface area contributed by atoms with Crippen LogP contribution in [0.4, 0.5) is 0 Å². The third kappa shape index (κ3) is 3.56. The molecule has 50 valence electrons. The van der Waals surface area contributed by atoms with E-state index >= 15 is 0 Å². The van der Waals surface area contributed by atoms with Crippen LogP contribution in [0.15, 0.2) is 11.8 Å². The first-order chi connectivity index (χ1) is 4.35. The van der Waals surface area contributed by atoms with Crippen LogP contribution in [0.25, 0.3) is 0 Å². The van der Waals surface area contributed by atoms with Gasteiger partial charge in [0.05, 0.1) is 25.6 Å². The zero-order valence-corrected chi connectivity index (χ0v) is 5.55. The molecule has 0 spiro atoms. The first kappa shape index (κ1) is 7.99. The largest absolute Gasteiger partial charge is 0.503 e. The Morgan fingerprint density at radius 1 is 1.67 bits per heavy atom. The Kier molecular flexibility index (Phi) is 4.56. The van der Waals surface area contributed by atoms with E-state index in [1.54, 1.807) is 0 Å². The van der Waals surface area contributed by atoms with Gasteiger partial charge in [0.2, 0.25) is 0 Å². The summed E-state index contributed by atoms with van der Waals surface area (Å²) in [4.78, 5) is 0. The fourth-order valence-electron chi connectivity index (χ4n) is 0.390. The molecule has 0 heterocycles. The minimum absolute atomic E-state index is 0.310. The molecular weight excluding hydrogens is 118 g/mol. The Balaban J connectivity index is 3.71. The Hall–Kier alpha value is -1.01. The lowest BCUT2D eigenvalue weighted by atomic mass is 10.4. The predicted octanol–water partition coefficient (Wildman–Crippen LogP) is 0.687. The molecule has 0 aromatic heterocycles. The lowest BCUT2D eigenvalue weighted by Gasteiger charge is -1.93. The standard InChI is InChI=1S/C6H9NO2/c1-8-4-6(3-7)5-9-2/h4H,5H2,1-2H3. The maximum atomic E-state index is 8.31. The Morgan fingerprint density at radius 2 is 2.33 bits per heavy atom. The number of nitriles is 1. The predicted molar refractivity (Wildman–Crippen MR) is 32.6 cm³/mol. The highest BCUT2D eigenvalue weighted by Crippen LogP contribution is 1.90. The number of hydrogen-bond acceptors (Lipinski definition) is 3. The molecule has 3 nitrogen and oxygen atoms in total. The molecule has 0 aromatic rings. The van der Waals surface area contributed by atoms with Crippen molar-refractivity contribution in [1.82, 2.24) is 0 Å². The van der Waals surface area contributed by atoms with Gasteiger partial charge >= 0.3 is 0 Å². The number of methoxy groups -OCH3 is 2. The molecule has 3 heteroatoms. The highest BCUT2D eigenvalue weighted by Gasteiger charge is 1.90. The van der Waals surface area contributed by atoms with Crippen LogP contribution >= 0.6 is 0 Å². The van der Waals surface area contributed by atoms with Crippen molar-refractivity contribution in [3.63, 3.8) is 0 Å². The average molecular weight is 127 g/mol. The van der Waals surface area contributed by atoms with Crippen molar-refractivity contribution in [1.29, 1.82) is 5.26 Å². The van der Waals surface area contributed by atoms with Gasteiger partial charge < -0.3 is 9.47 Å². The molecule has 0 amide bonds. The lowest BCUT2D eigenvalue weighted by molar-refractivity contribution is 0.223. The molecule has 0 bridgehead atoms. The number of ether oxygens (including phenoxy) is 2. The van der Waals surface area contributed by atoms with E-state index in [0.29, 0.717) is 12.2 Å². The van der Waals surface area contributed by atoms with Crippen molar-refractivity contribution in [2.24, 2.45) is 0 Å². The van der Waals surface area contributed by atoms with E-state index in [1.807, 2.05) is 6.07 Å². The third-order valence-corrected chi connectivity index (χ3v) is 0.704. The number of hydrogen-bond donors (Lipinski definition) is 0. The van der Waals surface area contributed by atoms with Gasteiger partial charge in [-0.2, -0.15) is 5.26 Å². The van der Waals surface area contributed by atoms with Crippen LogP contribution in [-0.2, 0) is 9.47 Å². The highest BCUT2D eigenvalue weighted by molar-refractivity contribution is 5.18. The van der Waals surface area contributed by atoms with Crippen molar-refractivity contribution >= 4 is 0 Å². The second-order valence-corrected chi connectivity index (χ2v) is 1.42. The van der Waals surface area contributed by atoms with Gasteiger partial charge in [-0.15, -0.1) is 0 Å². The molecule has 0 unspecified atom stereocenters. The minimum Gasteiger partial charge on any atom is -0.503 e. The summed E-state index contributed by atoms with van der Waals surface area (Å²) >= 11 is 0. The zero-order chi connectivity index (χ0) is 7.11. The summed E-state index contributed by atoms with van der Waals surface area (Å²) in [5, 5.41) is 8.31. The molecule has 0 aliphatic heterocycles. The van der Waals surface area contributed by atoms with E-state index in [4.69, 9.17) is 5.26 Å². The van der Waals surface area contributed by atoms with E-state index < -0.39 is 0 Å². The first-order valence-electron chi connectivity index (χ1n) is 2.46. The van der Waals surface area contributed by atoms with Crippen LogP contribution in [0.2, 0.25) is 0 Å². The van der Waals surface area contributed by atoms with Crippen molar-refractivity contribution in [3.05, 3.63) is 11.8 Å². The molecule has 9 heavy (non-hydrogen) atoms. The molecular formula is C6H9NO2. The molecule has 0 radical (unpaired) electrons. The second-order valence-electron chi connectivity index (χ2n) is 1.42. The summed E-state index contributed by atoms with van der Waals surface area (Å²) in [5.74, 6) is 0. The number of rotatable bonds is 3. The summed E-state index contributed by atoms with van der Waals surface area (Å²) in [7, 11) is 3.02. The first-order valence-corrected chi connectivity index (χ1v) is 2.46. The van der Waals surface area contributed by atoms with Gasteiger partial charge in [0.25, 0.3) is 0 Å². The van der Waals surface area contributed by atoms with Crippen molar-refractivity contribution in [2.75, 3.05) is 20.8 Å². The molecule has 0 fully saturated rings. The van der Waals surface area contributed by atoms with E-state index in [0.717, 1.165) is 0 Å². The third-order valence-electron chi connectivity index (χ3n) is 0.704. The van der Waals surface area contributed by atoms with Crippen LogP contribution in [-0.4, -0.2) is 20.8 Å². The Labute approximate surface area is 54.5 Å². The molecule has 0 rings (SSSR count). The Morgan fingerprint density at radius 3 is 2.67 bits per heavy atom. The quantitative estimate of drug-likeness (QED) is 0.413. The smallest absolute Gasteiger partial charge is 0.100 e. The maximum absolute atomic E-state index is 8.31. The second kappa shape index (κ2) is 5.13. The molecule has 0 atom stereocenters. The fraction of sp³-hybridized carbons (Fsp3) is 0.500. The lowest BCUT2D eigenvalue weighted by Crippen LogP contribution is -1.91. The highest BCUT2D eigenvalue weighted by atomic mass is 16.5. The van der Waals surface area contributed by atoms with Gasteiger partial charge in [0.1, 0.15) is 6.07 Å². The molecule has 0 aliphatic carbocycles. The minimum atomic E-state index is 0.310. The fourth-order valence-corrected chi connectivity index (χ4v) is 0.390. The van der Waals surface area contributed by atoms with Gasteiger partial charge in [-0.3, -0.25) is 0 Å². The normalized spacial score (nSPS) is 10.6. The van der Waals surface area contributed by atoms with Crippen molar-refractivity contribution in [3.8, 4) is 6.07 Å². The van der Waals surface area contributed by atoms with Gasteiger partial charge in [0, 0.05) is 7.11 Å². The summed E-state index contributed by atoms with van der Waals surface area (Å²) in [6.07, 6.45) is 1.36. The average Bonchev–Trinajstić information content (AvgIpc) is 1.88. The zero-order valence-electron chi connectivity index (χ0n) is 5.55. The van der Waals surface area contributed by atoms with Gasteiger partial charge in [-0.25, -0.2) is 0 Å². The summed E-state index contributed by atoms with van der Waals surface area (Å²) < 4.78 is 9.26. The molecule has 0 saturated carbocycles. The summed E-state index contributed by atoms with van der Waals surface area (Å²) in [6, 6.07) is 1.92. The molecule has 0 N–H and O–H groups in total. The van der Waals surface area contributed by atoms with E-state index in [2.05, 4.69) is 9.47 Å². The maximum Gasteiger partial charge on any atom is 0.100 e. The summed E-state index contributed by atoms with van der Waals surface area (Å²) in [6.45, 7) is 0.310. The Bertz CT molecular complexity index is 134. The van der Waals surface area contributed by atoms with Crippen LogP contribution in [0, 0.1) is 11.3 Å². The van der Waals surface area contributed by atoms with Crippen LogP contribution in [0.5, 0.6) is 0 Å². The van der Waals surface area contributed by atoms with Gasteiger partial charge in [0.15, 0.2) is 0 Å². The molecule has 0 aliphatic rings. The van der Waals surface area contributed by atoms with E-state index in [9.17, 15) is 0 Å².